The van der Waals surface area contributed by atoms with E-state index in [1.165, 1.54) is 10.8 Å². The Labute approximate surface area is 74.0 Å². The lowest BCUT2D eigenvalue weighted by Crippen LogP contribution is -2.25. The number of aliphatic hydroxyl groups excluding tert-OH is 1. The van der Waals surface area contributed by atoms with Crippen molar-refractivity contribution in [3.63, 3.8) is 0 Å². The molecular formula is C7H9N3O3. The molecule has 0 saturated carbocycles. The number of aryl methyl sites for hydroxylation is 1. The standard InChI is InChI=1S/C7H9N3O3/c11-5-1-2-6-8-3-7(10(12)13)9(6)4-5/h3,5,11H,1-2,4H2/t5-/m1/s1. The third kappa shape index (κ3) is 1.29. The number of rotatable bonds is 1. The van der Waals surface area contributed by atoms with Crippen molar-refractivity contribution in [3.8, 4) is 0 Å². The van der Waals surface area contributed by atoms with E-state index >= 15 is 0 Å². The summed E-state index contributed by atoms with van der Waals surface area (Å²) in [5, 5.41) is 19.8. The van der Waals surface area contributed by atoms with Gasteiger partial charge in [0.25, 0.3) is 0 Å². The summed E-state index contributed by atoms with van der Waals surface area (Å²) in [4.78, 5) is 13.9. The second-order valence-electron chi connectivity index (χ2n) is 3.09. The summed E-state index contributed by atoms with van der Waals surface area (Å²) in [6, 6.07) is 0. The van der Waals surface area contributed by atoms with Gasteiger partial charge in [-0.1, -0.05) is 0 Å². The average molecular weight is 183 g/mol. The number of hydrogen-bond acceptors (Lipinski definition) is 4. The average Bonchev–Trinajstić information content (AvgIpc) is 2.46. The summed E-state index contributed by atoms with van der Waals surface area (Å²) >= 11 is 0. The molecule has 0 bridgehead atoms. The topological polar surface area (TPSA) is 81.2 Å². The van der Waals surface area contributed by atoms with Crippen LogP contribution < -0.4 is 0 Å². The summed E-state index contributed by atoms with van der Waals surface area (Å²) in [5.74, 6) is 0.658. The molecule has 1 aromatic heterocycles. The molecule has 1 atom stereocenters. The zero-order valence-electron chi connectivity index (χ0n) is 6.88. The largest absolute Gasteiger partial charge is 0.389 e. The van der Waals surface area contributed by atoms with Crippen molar-refractivity contribution in [2.24, 2.45) is 0 Å². The van der Waals surface area contributed by atoms with E-state index in [-0.39, 0.29) is 12.4 Å². The summed E-state index contributed by atoms with van der Waals surface area (Å²) in [6.45, 7) is 0.283. The molecule has 0 radical (unpaired) electrons. The molecule has 1 aromatic rings. The van der Waals surface area contributed by atoms with Crippen LogP contribution in [0.3, 0.4) is 0 Å². The van der Waals surface area contributed by atoms with E-state index in [1.807, 2.05) is 0 Å². The van der Waals surface area contributed by atoms with E-state index in [0.29, 0.717) is 18.7 Å². The first-order valence-corrected chi connectivity index (χ1v) is 4.05. The Bertz CT molecular complexity index is 347. The minimum absolute atomic E-state index is 0.0336. The highest BCUT2D eigenvalue weighted by Gasteiger charge is 2.27. The molecule has 0 unspecified atom stereocenters. The van der Waals surface area contributed by atoms with E-state index < -0.39 is 11.0 Å². The van der Waals surface area contributed by atoms with Gasteiger partial charge in [0.1, 0.15) is 12.7 Å². The number of hydrogen-bond donors (Lipinski definition) is 1. The van der Waals surface area contributed by atoms with Gasteiger partial charge >= 0.3 is 5.82 Å². The molecule has 1 aliphatic heterocycles. The Morgan fingerprint density at radius 1 is 1.77 bits per heavy atom. The van der Waals surface area contributed by atoms with Crippen LogP contribution in [0.2, 0.25) is 0 Å². The third-order valence-corrected chi connectivity index (χ3v) is 2.20. The molecule has 13 heavy (non-hydrogen) atoms. The normalized spacial score (nSPS) is 21.2. The maximum atomic E-state index is 10.5. The van der Waals surface area contributed by atoms with Crippen molar-refractivity contribution < 1.29 is 10.0 Å². The minimum Gasteiger partial charge on any atom is -0.389 e. The van der Waals surface area contributed by atoms with Crippen LogP contribution in [0.4, 0.5) is 5.82 Å². The Kier molecular flexibility index (Phi) is 1.77. The zero-order valence-corrected chi connectivity index (χ0v) is 6.88. The van der Waals surface area contributed by atoms with Crippen LogP contribution in [0.5, 0.6) is 0 Å². The molecule has 70 valence electrons. The lowest BCUT2D eigenvalue weighted by atomic mass is 10.1. The lowest BCUT2D eigenvalue weighted by molar-refractivity contribution is -0.392. The van der Waals surface area contributed by atoms with Crippen molar-refractivity contribution >= 4 is 5.82 Å². The number of aliphatic hydroxyl groups is 1. The quantitative estimate of drug-likeness (QED) is 0.494. The van der Waals surface area contributed by atoms with Gasteiger partial charge in [0.05, 0.1) is 6.10 Å². The van der Waals surface area contributed by atoms with Crippen LogP contribution in [0, 0.1) is 10.1 Å². The van der Waals surface area contributed by atoms with Crippen molar-refractivity contribution in [2.75, 3.05) is 0 Å². The molecule has 0 amide bonds. The predicted molar refractivity (Wildman–Crippen MR) is 43.2 cm³/mol. The fraction of sp³-hybridized carbons (Fsp3) is 0.571. The highest BCUT2D eigenvalue weighted by atomic mass is 16.6. The highest BCUT2D eigenvalue weighted by molar-refractivity contribution is 5.20. The molecule has 2 rings (SSSR count). The van der Waals surface area contributed by atoms with E-state index in [9.17, 15) is 15.2 Å². The summed E-state index contributed by atoms with van der Waals surface area (Å²) in [7, 11) is 0. The Morgan fingerprint density at radius 2 is 2.54 bits per heavy atom. The third-order valence-electron chi connectivity index (χ3n) is 2.20. The second-order valence-corrected chi connectivity index (χ2v) is 3.09. The Morgan fingerprint density at radius 3 is 3.23 bits per heavy atom. The fourth-order valence-corrected chi connectivity index (χ4v) is 1.55. The maximum absolute atomic E-state index is 10.5. The van der Waals surface area contributed by atoms with Crippen LogP contribution in [-0.4, -0.2) is 25.7 Å². The van der Waals surface area contributed by atoms with Crippen LogP contribution in [0.25, 0.3) is 0 Å². The van der Waals surface area contributed by atoms with Crippen molar-refractivity contribution in [2.45, 2.75) is 25.5 Å². The minimum atomic E-state index is -0.486. The van der Waals surface area contributed by atoms with Gasteiger partial charge in [0.2, 0.25) is 0 Å². The molecule has 2 heterocycles. The molecule has 1 N–H and O–H groups in total. The first-order valence-electron chi connectivity index (χ1n) is 4.05. The number of aromatic nitrogens is 2. The molecule has 0 saturated heterocycles. The Balaban J connectivity index is 2.41. The van der Waals surface area contributed by atoms with Crippen molar-refractivity contribution in [3.05, 3.63) is 22.1 Å². The smallest absolute Gasteiger partial charge is 0.342 e. The number of imidazole rings is 1. The molecule has 0 fully saturated rings. The fourth-order valence-electron chi connectivity index (χ4n) is 1.55. The molecule has 6 nitrogen and oxygen atoms in total. The monoisotopic (exact) mass is 183 g/mol. The van der Waals surface area contributed by atoms with E-state index in [1.54, 1.807) is 0 Å². The summed E-state index contributed by atoms with van der Waals surface area (Å²) < 4.78 is 1.47. The molecule has 1 aliphatic rings. The summed E-state index contributed by atoms with van der Waals surface area (Å²) in [5.41, 5.74) is 0. The highest BCUT2D eigenvalue weighted by Crippen LogP contribution is 2.21. The molecular weight excluding hydrogens is 174 g/mol. The number of fused-ring (bicyclic) bond motifs is 1. The van der Waals surface area contributed by atoms with Crippen molar-refractivity contribution in [1.82, 2.24) is 9.55 Å². The van der Waals surface area contributed by atoms with Crippen LogP contribution in [0.15, 0.2) is 6.20 Å². The van der Waals surface area contributed by atoms with Crippen molar-refractivity contribution in [1.29, 1.82) is 0 Å². The number of nitrogens with zero attached hydrogens (tertiary/aromatic N) is 3. The van der Waals surface area contributed by atoms with Crippen LogP contribution in [0.1, 0.15) is 12.2 Å². The van der Waals surface area contributed by atoms with Gasteiger partial charge in [0, 0.05) is 6.42 Å². The molecule has 0 aliphatic carbocycles. The van der Waals surface area contributed by atoms with E-state index in [0.717, 1.165) is 0 Å². The maximum Gasteiger partial charge on any atom is 0.342 e. The molecule has 0 aromatic carbocycles. The SMILES string of the molecule is O=[N+]([O-])c1cnc2n1C[C@H](O)CC2. The van der Waals surface area contributed by atoms with Gasteiger partial charge in [-0.25, -0.2) is 9.55 Å². The van der Waals surface area contributed by atoms with E-state index in [2.05, 4.69) is 4.98 Å². The first kappa shape index (κ1) is 8.18. The van der Waals surface area contributed by atoms with Gasteiger partial charge in [-0.15, -0.1) is 0 Å². The molecule has 6 heteroatoms. The molecule has 0 spiro atoms. The van der Waals surface area contributed by atoms with E-state index in [4.69, 9.17) is 0 Å². The summed E-state index contributed by atoms with van der Waals surface area (Å²) in [6.07, 6.45) is 2.00. The Hall–Kier alpha value is -1.43. The lowest BCUT2D eigenvalue weighted by Gasteiger charge is -2.14. The zero-order chi connectivity index (χ0) is 9.42. The van der Waals surface area contributed by atoms with Crippen LogP contribution >= 0.6 is 0 Å². The van der Waals surface area contributed by atoms with Gasteiger partial charge in [-0.2, -0.15) is 0 Å². The van der Waals surface area contributed by atoms with Gasteiger partial charge in [-0.05, 0) is 11.3 Å². The van der Waals surface area contributed by atoms with Gasteiger partial charge < -0.3 is 15.2 Å². The predicted octanol–water partition coefficient (Wildman–Crippen LogP) is 0.0984. The number of nitro groups is 1. The van der Waals surface area contributed by atoms with Crippen LogP contribution in [-0.2, 0) is 13.0 Å². The van der Waals surface area contributed by atoms with Gasteiger partial charge in [-0.3, -0.25) is 0 Å². The second kappa shape index (κ2) is 2.81. The van der Waals surface area contributed by atoms with Gasteiger partial charge in [0.15, 0.2) is 5.82 Å². The first-order chi connectivity index (χ1) is 6.18.